The van der Waals surface area contributed by atoms with Crippen LogP contribution < -0.4 is 0 Å². The third-order valence-electron chi connectivity index (χ3n) is 3.41. The third-order valence-corrected chi connectivity index (χ3v) is 4.08. The lowest BCUT2D eigenvalue weighted by Gasteiger charge is -2.28. The molecule has 4 heteroatoms. The summed E-state index contributed by atoms with van der Waals surface area (Å²) in [4.78, 5) is 6.77. The monoisotopic (exact) mass is 292 g/mol. The van der Waals surface area contributed by atoms with Gasteiger partial charge >= 0.3 is 0 Å². The molecule has 0 saturated heterocycles. The lowest BCUT2D eigenvalue weighted by molar-refractivity contribution is 0.243. The van der Waals surface area contributed by atoms with Crippen LogP contribution in [0, 0.1) is 0 Å². The van der Waals surface area contributed by atoms with Crippen LogP contribution in [0.5, 0.6) is 0 Å². The van der Waals surface area contributed by atoms with Gasteiger partial charge in [0, 0.05) is 31.7 Å². The summed E-state index contributed by atoms with van der Waals surface area (Å²) in [6.07, 6.45) is 0.930. The molecule has 19 heavy (non-hydrogen) atoms. The molecule has 0 spiro atoms. The van der Waals surface area contributed by atoms with Crippen molar-refractivity contribution in [1.29, 1.82) is 0 Å². The zero-order valence-corrected chi connectivity index (χ0v) is 12.0. The Balaban J connectivity index is 1.77. The van der Waals surface area contributed by atoms with Gasteiger partial charge in [0.2, 0.25) is 0 Å². The van der Waals surface area contributed by atoms with E-state index >= 15 is 0 Å². The van der Waals surface area contributed by atoms with Gasteiger partial charge in [0.15, 0.2) is 0 Å². The molecule has 0 bridgehead atoms. The molecule has 2 aromatic rings. The molecule has 0 unspecified atom stereocenters. The van der Waals surface area contributed by atoms with E-state index < -0.39 is 0 Å². The molecule has 3 rings (SSSR count). The van der Waals surface area contributed by atoms with Crippen LogP contribution in [0.25, 0.3) is 0 Å². The van der Waals surface area contributed by atoms with E-state index in [4.69, 9.17) is 23.2 Å². The summed E-state index contributed by atoms with van der Waals surface area (Å²) in [5.41, 5.74) is 3.61. The van der Waals surface area contributed by atoms with E-state index in [-0.39, 0.29) is 0 Å². The van der Waals surface area contributed by atoms with Gasteiger partial charge in [0.1, 0.15) is 5.15 Å². The van der Waals surface area contributed by atoms with Crippen molar-refractivity contribution in [1.82, 2.24) is 9.88 Å². The SMILES string of the molecule is Clc1cc2c(nc1Cl)CCN(Cc1ccccc1)C2. The first-order valence-electron chi connectivity index (χ1n) is 6.32. The summed E-state index contributed by atoms with van der Waals surface area (Å²) in [5.74, 6) is 0. The highest BCUT2D eigenvalue weighted by Gasteiger charge is 2.19. The minimum absolute atomic E-state index is 0.414. The Kier molecular flexibility index (Phi) is 3.74. The normalized spacial score (nSPS) is 15.3. The minimum atomic E-state index is 0.414. The Hall–Kier alpha value is -1.09. The highest BCUT2D eigenvalue weighted by Crippen LogP contribution is 2.26. The number of hydrogen-bond donors (Lipinski definition) is 0. The van der Waals surface area contributed by atoms with Crippen molar-refractivity contribution in [2.24, 2.45) is 0 Å². The zero-order chi connectivity index (χ0) is 13.2. The van der Waals surface area contributed by atoms with Crippen molar-refractivity contribution in [3.05, 3.63) is 63.4 Å². The van der Waals surface area contributed by atoms with Gasteiger partial charge in [0.05, 0.1) is 5.02 Å². The van der Waals surface area contributed by atoms with E-state index in [1.54, 1.807) is 0 Å². The smallest absolute Gasteiger partial charge is 0.147 e. The summed E-state index contributed by atoms with van der Waals surface area (Å²) in [6, 6.07) is 12.5. The van der Waals surface area contributed by atoms with Gasteiger partial charge in [0.25, 0.3) is 0 Å². The van der Waals surface area contributed by atoms with Crippen molar-refractivity contribution < 1.29 is 0 Å². The average molecular weight is 293 g/mol. The standard InChI is InChI=1S/C15H14Cl2N2/c16-13-8-12-10-19(7-6-14(12)18-15(13)17)9-11-4-2-1-3-5-11/h1-5,8H,6-7,9-10H2. The van der Waals surface area contributed by atoms with Gasteiger partial charge in [-0.3, -0.25) is 4.90 Å². The molecule has 0 saturated carbocycles. The molecule has 0 N–H and O–H groups in total. The Bertz CT molecular complexity index is 584. The molecule has 0 fully saturated rings. The van der Waals surface area contributed by atoms with Crippen LogP contribution in [0.4, 0.5) is 0 Å². The van der Waals surface area contributed by atoms with Crippen LogP contribution in [0.15, 0.2) is 36.4 Å². The van der Waals surface area contributed by atoms with Crippen molar-refractivity contribution in [3.8, 4) is 0 Å². The summed E-state index contributed by atoms with van der Waals surface area (Å²) >= 11 is 12.0. The highest BCUT2D eigenvalue weighted by molar-refractivity contribution is 6.41. The summed E-state index contributed by atoms with van der Waals surface area (Å²) in [6.45, 7) is 2.85. The van der Waals surface area contributed by atoms with E-state index in [0.717, 1.165) is 31.7 Å². The van der Waals surface area contributed by atoms with Crippen LogP contribution in [0.3, 0.4) is 0 Å². The molecular weight excluding hydrogens is 279 g/mol. The number of pyridine rings is 1. The second kappa shape index (κ2) is 5.49. The fourth-order valence-electron chi connectivity index (χ4n) is 2.45. The van der Waals surface area contributed by atoms with Gasteiger partial charge < -0.3 is 0 Å². The Morgan fingerprint density at radius 2 is 1.95 bits per heavy atom. The van der Waals surface area contributed by atoms with E-state index in [0.29, 0.717) is 10.2 Å². The molecule has 98 valence electrons. The molecule has 1 aliphatic heterocycles. The predicted molar refractivity (Wildman–Crippen MR) is 78.5 cm³/mol. The van der Waals surface area contributed by atoms with E-state index in [1.165, 1.54) is 11.1 Å². The second-order valence-electron chi connectivity index (χ2n) is 4.81. The first-order chi connectivity index (χ1) is 9.22. The maximum absolute atomic E-state index is 6.04. The summed E-state index contributed by atoms with van der Waals surface area (Å²) < 4.78 is 0. The molecular formula is C15H14Cl2N2. The third kappa shape index (κ3) is 2.92. The van der Waals surface area contributed by atoms with Gasteiger partial charge in [-0.25, -0.2) is 4.98 Å². The van der Waals surface area contributed by atoms with Crippen LogP contribution in [-0.2, 0) is 19.5 Å². The average Bonchev–Trinajstić information content (AvgIpc) is 2.42. The minimum Gasteiger partial charge on any atom is -0.294 e. The number of rotatable bonds is 2. The first kappa shape index (κ1) is 12.9. The maximum Gasteiger partial charge on any atom is 0.147 e. The number of aromatic nitrogens is 1. The quantitative estimate of drug-likeness (QED) is 0.779. The predicted octanol–water partition coefficient (Wildman–Crippen LogP) is 3.95. The fraction of sp³-hybridized carbons (Fsp3) is 0.267. The molecule has 1 aliphatic rings. The van der Waals surface area contributed by atoms with Gasteiger partial charge in [-0.2, -0.15) is 0 Å². The fourth-order valence-corrected chi connectivity index (χ4v) is 2.78. The van der Waals surface area contributed by atoms with Crippen molar-refractivity contribution in [2.45, 2.75) is 19.5 Å². The second-order valence-corrected chi connectivity index (χ2v) is 5.58. The summed E-state index contributed by atoms with van der Waals surface area (Å²) in [7, 11) is 0. The van der Waals surface area contributed by atoms with Gasteiger partial charge in [-0.1, -0.05) is 53.5 Å². The number of nitrogens with zero attached hydrogens (tertiary/aromatic N) is 2. The Morgan fingerprint density at radius 1 is 1.16 bits per heavy atom. The molecule has 0 aliphatic carbocycles. The lowest BCUT2D eigenvalue weighted by atomic mass is 10.0. The van der Waals surface area contributed by atoms with Crippen LogP contribution in [0.1, 0.15) is 16.8 Å². The van der Waals surface area contributed by atoms with E-state index in [9.17, 15) is 0 Å². The molecule has 2 heterocycles. The number of halogens is 2. The van der Waals surface area contributed by atoms with Crippen molar-refractivity contribution in [3.63, 3.8) is 0 Å². The first-order valence-corrected chi connectivity index (χ1v) is 7.08. The molecule has 0 atom stereocenters. The number of benzene rings is 1. The van der Waals surface area contributed by atoms with Gasteiger partial charge in [-0.15, -0.1) is 0 Å². The molecule has 0 amide bonds. The largest absolute Gasteiger partial charge is 0.294 e. The number of hydrogen-bond acceptors (Lipinski definition) is 2. The molecule has 0 radical (unpaired) electrons. The Labute approximate surface area is 123 Å². The Morgan fingerprint density at radius 3 is 2.74 bits per heavy atom. The van der Waals surface area contributed by atoms with E-state index in [2.05, 4.69) is 34.1 Å². The topological polar surface area (TPSA) is 16.1 Å². The molecule has 2 nitrogen and oxygen atoms in total. The van der Waals surface area contributed by atoms with Crippen molar-refractivity contribution >= 4 is 23.2 Å². The number of fused-ring (bicyclic) bond motifs is 1. The molecule has 1 aromatic heterocycles. The van der Waals surface area contributed by atoms with Crippen LogP contribution in [0.2, 0.25) is 10.2 Å². The van der Waals surface area contributed by atoms with E-state index in [1.807, 2.05) is 12.1 Å². The maximum atomic E-state index is 6.04. The molecule has 1 aromatic carbocycles. The van der Waals surface area contributed by atoms with Crippen molar-refractivity contribution in [2.75, 3.05) is 6.54 Å². The summed E-state index contributed by atoms with van der Waals surface area (Å²) in [5, 5.41) is 0.957. The highest BCUT2D eigenvalue weighted by atomic mass is 35.5. The van der Waals surface area contributed by atoms with Crippen LogP contribution in [-0.4, -0.2) is 16.4 Å². The lowest BCUT2D eigenvalue weighted by Crippen LogP contribution is -2.30. The zero-order valence-electron chi connectivity index (χ0n) is 10.4. The van der Waals surface area contributed by atoms with Crippen LogP contribution >= 0.6 is 23.2 Å². The van der Waals surface area contributed by atoms with Gasteiger partial charge in [-0.05, 0) is 17.2 Å².